The maximum absolute atomic E-state index is 14.1. The third-order valence-corrected chi connectivity index (χ3v) is 9.16. The average molecular weight is 584 g/mol. The SMILES string of the molecule is CC[C@@H](C)NC(=O)[C@H](CC)N(Cc1ccccc1)C(=O)CN(c1cccc(Cl)c1C)S(=O)(=O)c1ccc(C)cc1. The quantitative estimate of drug-likeness (QED) is 0.289. The molecule has 0 saturated carbocycles. The van der Waals surface area contributed by atoms with E-state index in [1.165, 1.54) is 17.0 Å². The second-order valence-electron chi connectivity index (χ2n) is 9.96. The molecule has 214 valence electrons. The van der Waals surface area contributed by atoms with Crippen LogP contribution in [0.1, 0.15) is 50.3 Å². The largest absolute Gasteiger partial charge is 0.352 e. The van der Waals surface area contributed by atoms with Gasteiger partial charge < -0.3 is 10.2 Å². The van der Waals surface area contributed by atoms with E-state index in [1.54, 1.807) is 37.3 Å². The van der Waals surface area contributed by atoms with Gasteiger partial charge >= 0.3 is 0 Å². The summed E-state index contributed by atoms with van der Waals surface area (Å²) in [6.07, 6.45) is 1.10. The molecule has 0 fully saturated rings. The molecule has 0 heterocycles. The van der Waals surface area contributed by atoms with Crippen LogP contribution >= 0.6 is 11.6 Å². The molecule has 3 rings (SSSR count). The van der Waals surface area contributed by atoms with Crippen molar-refractivity contribution in [1.29, 1.82) is 0 Å². The van der Waals surface area contributed by atoms with Crippen LogP contribution in [-0.4, -0.2) is 43.8 Å². The molecule has 0 aliphatic heterocycles. The Morgan fingerprint density at radius 3 is 2.15 bits per heavy atom. The van der Waals surface area contributed by atoms with Gasteiger partial charge in [0.25, 0.3) is 10.0 Å². The lowest BCUT2D eigenvalue weighted by Crippen LogP contribution is -2.53. The zero-order valence-corrected chi connectivity index (χ0v) is 25.3. The Bertz CT molecular complexity index is 1410. The van der Waals surface area contributed by atoms with E-state index < -0.39 is 28.5 Å². The summed E-state index contributed by atoms with van der Waals surface area (Å²) < 4.78 is 29.1. The van der Waals surface area contributed by atoms with E-state index in [0.717, 1.165) is 21.9 Å². The summed E-state index contributed by atoms with van der Waals surface area (Å²) in [5, 5.41) is 3.37. The Labute approximate surface area is 243 Å². The lowest BCUT2D eigenvalue weighted by Gasteiger charge is -2.34. The summed E-state index contributed by atoms with van der Waals surface area (Å²) in [5.41, 5.74) is 2.58. The van der Waals surface area contributed by atoms with Crippen LogP contribution in [-0.2, 0) is 26.2 Å². The molecule has 2 atom stereocenters. The average Bonchev–Trinajstić information content (AvgIpc) is 2.93. The van der Waals surface area contributed by atoms with Crippen molar-refractivity contribution in [2.45, 2.75) is 71.0 Å². The van der Waals surface area contributed by atoms with Gasteiger partial charge in [0.15, 0.2) is 0 Å². The number of amides is 2. The van der Waals surface area contributed by atoms with Gasteiger partial charge in [-0.1, -0.05) is 79.5 Å². The molecule has 0 aromatic heterocycles. The summed E-state index contributed by atoms with van der Waals surface area (Å²) in [6, 6.07) is 19.9. The van der Waals surface area contributed by atoms with Gasteiger partial charge in [-0.2, -0.15) is 0 Å². The zero-order chi connectivity index (χ0) is 29.4. The highest BCUT2D eigenvalue weighted by Gasteiger charge is 2.34. The Morgan fingerprint density at radius 2 is 1.55 bits per heavy atom. The number of hydrogen-bond donors (Lipinski definition) is 1. The van der Waals surface area contributed by atoms with Crippen LogP contribution in [0.2, 0.25) is 5.02 Å². The molecular formula is C31H38ClN3O4S. The van der Waals surface area contributed by atoms with Crippen molar-refractivity contribution >= 4 is 39.1 Å². The van der Waals surface area contributed by atoms with E-state index in [1.807, 2.05) is 58.0 Å². The molecule has 0 saturated heterocycles. The minimum atomic E-state index is -4.16. The van der Waals surface area contributed by atoms with Crippen LogP contribution in [0.3, 0.4) is 0 Å². The van der Waals surface area contributed by atoms with Crippen molar-refractivity contribution in [3.05, 3.63) is 94.5 Å². The predicted molar refractivity (Wildman–Crippen MR) is 161 cm³/mol. The van der Waals surface area contributed by atoms with Crippen LogP contribution in [0.5, 0.6) is 0 Å². The van der Waals surface area contributed by atoms with Gasteiger partial charge in [-0.15, -0.1) is 0 Å². The van der Waals surface area contributed by atoms with Crippen molar-refractivity contribution in [2.75, 3.05) is 10.8 Å². The predicted octanol–water partition coefficient (Wildman–Crippen LogP) is 5.87. The second-order valence-corrected chi connectivity index (χ2v) is 12.2. The molecule has 7 nitrogen and oxygen atoms in total. The number of carbonyl (C=O) groups is 2. The fourth-order valence-corrected chi connectivity index (χ4v) is 6.00. The molecule has 0 bridgehead atoms. The molecule has 0 radical (unpaired) electrons. The summed E-state index contributed by atoms with van der Waals surface area (Å²) in [5.74, 6) is -0.766. The number of aryl methyl sites for hydroxylation is 1. The highest BCUT2D eigenvalue weighted by atomic mass is 35.5. The number of nitrogens with one attached hydrogen (secondary N) is 1. The van der Waals surface area contributed by atoms with Gasteiger partial charge in [-0.3, -0.25) is 13.9 Å². The number of benzene rings is 3. The molecule has 3 aromatic carbocycles. The first-order chi connectivity index (χ1) is 19.0. The molecular weight excluding hydrogens is 546 g/mol. The minimum absolute atomic E-state index is 0.0569. The Morgan fingerprint density at radius 1 is 0.900 bits per heavy atom. The van der Waals surface area contributed by atoms with Gasteiger partial charge in [0, 0.05) is 17.6 Å². The molecule has 0 unspecified atom stereocenters. The smallest absolute Gasteiger partial charge is 0.264 e. The number of hydrogen-bond acceptors (Lipinski definition) is 4. The zero-order valence-electron chi connectivity index (χ0n) is 23.7. The summed E-state index contributed by atoms with van der Waals surface area (Å²) in [4.78, 5) is 29.0. The van der Waals surface area contributed by atoms with Gasteiger partial charge in [-0.25, -0.2) is 8.42 Å². The van der Waals surface area contributed by atoms with E-state index in [-0.39, 0.29) is 23.4 Å². The van der Waals surface area contributed by atoms with Crippen molar-refractivity contribution in [1.82, 2.24) is 10.2 Å². The Hall–Kier alpha value is -3.36. The van der Waals surface area contributed by atoms with Gasteiger partial charge in [0.2, 0.25) is 11.8 Å². The molecule has 0 spiro atoms. The van der Waals surface area contributed by atoms with Crippen LogP contribution < -0.4 is 9.62 Å². The third kappa shape index (κ3) is 7.43. The first kappa shape index (κ1) is 31.2. The first-order valence-electron chi connectivity index (χ1n) is 13.5. The monoisotopic (exact) mass is 583 g/mol. The van der Waals surface area contributed by atoms with E-state index in [2.05, 4.69) is 5.32 Å². The second kappa shape index (κ2) is 13.8. The molecule has 9 heteroatoms. The van der Waals surface area contributed by atoms with E-state index in [0.29, 0.717) is 22.7 Å². The molecule has 1 N–H and O–H groups in total. The maximum atomic E-state index is 14.1. The van der Waals surface area contributed by atoms with Crippen LogP contribution in [0.15, 0.2) is 77.7 Å². The molecule has 3 aromatic rings. The topological polar surface area (TPSA) is 86.8 Å². The van der Waals surface area contributed by atoms with Crippen molar-refractivity contribution < 1.29 is 18.0 Å². The lowest BCUT2D eigenvalue weighted by molar-refractivity contribution is -0.140. The number of nitrogens with zero attached hydrogens (tertiary/aromatic N) is 2. The highest BCUT2D eigenvalue weighted by Crippen LogP contribution is 2.31. The standard InChI is InChI=1S/C31H38ClN3O4S/c1-6-23(4)33-31(37)28(7-2)34(20-25-12-9-8-10-13-25)30(36)21-35(29-15-11-14-27(32)24(29)5)40(38,39)26-18-16-22(3)17-19-26/h8-19,23,28H,6-7,20-21H2,1-5H3,(H,33,37)/t23-,28+/m1/s1. The minimum Gasteiger partial charge on any atom is -0.352 e. The summed E-state index contributed by atoms with van der Waals surface area (Å²) in [6.45, 7) is 8.96. The van der Waals surface area contributed by atoms with Crippen molar-refractivity contribution in [3.63, 3.8) is 0 Å². The molecule has 0 aliphatic rings. The van der Waals surface area contributed by atoms with Crippen LogP contribution in [0.25, 0.3) is 0 Å². The summed E-state index contributed by atoms with van der Waals surface area (Å²) in [7, 11) is -4.16. The van der Waals surface area contributed by atoms with Crippen molar-refractivity contribution in [3.8, 4) is 0 Å². The maximum Gasteiger partial charge on any atom is 0.264 e. The fourth-order valence-electron chi connectivity index (χ4n) is 4.36. The number of sulfonamides is 1. The Kier molecular flexibility index (Phi) is 10.8. The van der Waals surface area contributed by atoms with Crippen LogP contribution in [0.4, 0.5) is 5.69 Å². The number of carbonyl (C=O) groups excluding carboxylic acids is 2. The van der Waals surface area contributed by atoms with E-state index in [9.17, 15) is 18.0 Å². The van der Waals surface area contributed by atoms with Gasteiger partial charge in [0.1, 0.15) is 12.6 Å². The summed E-state index contributed by atoms with van der Waals surface area (Å²) >= 11 is 6.39. The van der Waals surface area contributed by atoms with Gasteiger partial charge in [0.05, 0.1) is 10.6 Å². The van der Waals surface area contributed by atoms with Gasteiger partial charge in [-0.05, 0) is 69.0 Å². The van der Waals surface area contributed by atoms with E-state index in [4.69, 9.17) is 11.6 Å². The Balaban J connectivity index is 2.09. The lowest BCUT2D eigenvalue weighted by atomic mass is 10.1. The van der Waals surface area contributed by atoms with Crippen LogP contribution in [0, 0.1) is 13.8 Å². The molecule has 2 amide bonds. The molecule has 40 heavy (non-hydrogen) atoms. The number of halogens is 1. The third-order valence-electron chi connectivity index (χ3n) is 6.98. The fraction of sp³-hybridized carbons (Fsp3) is 0.355. The van der Waals surface area contributed by atoms with E-state index >= 15 is 0 Å². The molecule has 0 aliphatic carbocycles. The van der Waals surface area contributed by atoms with Crippen molar-refractivity contribution in [2.24, 2.45) is 0 Å². The normalized spacial score (nSPS) is 12.8. The number of rotatable bonds is 12. The first-order valence-corrected chi connectivity index (χ1v) is 15.3. The highest BCUT2D eigenvalue weighted by molar-refractivity contribution is 7.92. The number of anilines is 1.